The van der Waals surface area contributed by atoms with E-state index in [4.69, 9.17) is 4.74 Å². The summed E-state index contributed by atoms with van der Waals surface area (Å²) in [6.45, 7) is 3.32. The van der Waals surface area contributed by atoms with E-state index in [0.717, 1.165) is 12.8 Å². The van der Waals surface area contributed by atoms with Crippen LogP contribution in [0.2, 0.25) is 0 Å². The molecular formula is C12H20BrN3O3S. The normalized spacial score (nSPS) is 11.6. The maximum atomic E-state index is 12.2. The van der Waals surface area contributed by atoms with Crippen molar-refractivity contribution in [2.75, 3.05) is 32.1 Å². The van der Waals surface area contributed by atoms with E-state index in [1.54, 1.807) is 13.2 Å². The molecule has 1 heterocycles. The van der Waals surface area contributed by atoms with Crippen molar-refractivity contribution in [3.05, 3.63) is 16.7 Å². The van der Waals surface area contributed by atoms with Gasteiger partial charge in [-0.15, -0.1) is 0 Å². The first-order chi connectivity index (χ1) is 9.51. The minimum absolute atomic E-state index is 0.114. The molecule has 1 aromatic rings. The van der Waals surface area contributed by atoms with E-state index in [-0.39, 0.29) is 11.4 Å². The van der Waals surface area contributed by atoms with Gasteiger partial charge in [0.25, 0.3) is 0 Å². The number of hydrogen-bond donors (Lipinski definition) is 2. The van der Waals surface area contributed by atoms with Gasteiger partial charge in [-0.25, -0.2) is 18.1 Å². The maximum absolute atomic E-state index is 12.2. The molecule has 0 aliphatic heterocycles. The average Bonchev–Trinajstić information content (AvgIpc) is 2.42. The molecule has 0 saturated heterocycles. The Hall–Kier alpha value is -0.700. The predicted octanol–water partition coefficient (Wildman–Crippen LogP) is 1.98. The lowest BCUT2D eigenvalue weighted by molar-refractivity contribution is 0.136. The summed E-state index contributed by atoms with van der Waals surface area (Å²) in [5.41, 5.74) is 0. The Morgan fingerprint density at radius 1 is 1.40 bits per heavy atom. The number of rotatable bonds is 9. The summed E-state index contributed by atoms with van der Waals surface area (Å²) >= 11 is 3.22. The number of nitrogens with one attached hydrogen (secondary N) is 2. The van der Waals surface area contributed by atoms with Crippen LogP contribution in [0.5, 0.6) is 0 Å². The van der Waals surface area contributed by atoms with Crippen LogP contribution in [0.25, 0.3) is 0 Å². The summed E-state index contributed by atoms with van der Waals surface area (Å²) in [6, 6.07) is 1.51. The van der Waals surface area contributed by atoms with Gasteiger partial charge in [-0.05, 0) is 28.4 Å². The lowest BCUT2D eigenvalue weighted by Crippen LogP contribution is -2.28. The lowest BCUT2D eigenvalue weighted by atomic mass is 10.4. The van der Waals surface area contributed by atoms with Crippen LogP contribution in [-0.4, -0.2) is 40.2 Å². The van der Waals surface area contributed by atoms with Gasteiger partial charge in [0.2, 0.25) is 10.0 Å². The zero-order chi connectivity index (χ0) is 15.0. The van der Waals surface area contributed by atoms with Crippen LogP contribution in [0.1, 0.15) is 19.8 Å². The van der Waals surface area contributed by atoms with E-state index >= 15 is 0 Å². The number of unbranched alkanes of at least 4 members (excludes halogenated alkanes) is 1. The van der Waals surface area contributed by atoms with E-state index < -0.39 is 10.0 Å². The molecule has 114 valence electrons. The number of anilines is 1. The maximum Gasteiger partial charge on any atom is 0.244 e. The first-order valence-electron chi connectivity index (χ1n) is 6.42. The summed E-state index contributed by atoms with van der Waals surface area (Å²) in [6.07, 6.45) is 3.58. The van der Waals surface area contributed by atoms with Gasteiger partial charge in [0, 0.05) is 30.9 Å². The van der Waals surface area contributed by atoms with Crippen molar-refractivity contribution in [3.8, 4) is 0 Å². The Morgan fingerprint density at radius 3 is 2.80 bits per heavy atom. The first kappa shape index (κ1) is 17.4. The molecule has 1 rings (SSSR count). The molecule has 8 heteroatoms. The Bertz CT molecular complexity index is 523. The summed E-state index contributed by atoms with van der Waals surface area (Å²) < 4.78 is 32.8. The van der Waals surface area contributed by atoms with Crippen LogP contribution in [-0.2, 0) is 14.8 Å². The van der Waals surface area contributed by atoms with Crippen molar-refractivity contribution < 1.29 is 13.2 Å². The zero-order valence-corrected chi connectivity index (χ0v) is 14.1. The summed E-state index contributed by atoms with van der Waals surface area (Å²) in [4.78, 5) is 4.14. The molecule has 0 aliphatic rings. The molecule has 0 saturated carbocycles. The van der Waals surface area contributed by atoms with E-state index in [2.05, 4.69) is 37.9 Å². The summed E-state index contributed by atoms with van der Waals surface area (Å²) in [5, 5.41) is 2.76. The van der Waals surface area contributed by atoms with Crippen LogP contribution >= 0.6 is 15.9 Å². The van der Waals surface area contributed by atoms with E-state index in [1.807, 2.05) is 0 Å². The molecule has 0 bridgehead atoms. The van der Waals surface area contributed by atoms with E-state index in [0.29, 0.717) is 23.5 Å². The third kappa shape index (κ3) is 5.35. The predicted molar refractivity (Wildman–Crippen MR) is 82.4 cm³/mol. The molecule has 0 aromatic carbocycles. The van der Waals surface area contributed by atoms with Crippen molar-refractivity contribution in [2.45, 2.75) is 24.7 Å². The van der Waals surface area contributed by atoms with Crippen molar-refractivity contribution in [3.63, 3.8) is 0 Å². The molecule has 1 aromatic heterocycles. The number of halogens is 1. The standard InChI is InChI=1S/C12H20BrN3O3S/c1-3-4-6-19-7-5-16-20(17,18)11-8-10(13)9-15-12(11)14-2/h8-9,16H,3-7H2,1-2H3,(H,14,15). The Kier molecular flexibility index (Phi) is 7.42. The highest BCUT2D eigenvalue weighted by Crippen LogP contribution is 2.22. The van der Waals surface area contributed by atoms with Gasteiger partial charge >= 0.3 is 0 Å². The molecule has 0 atom stereocenters. The number of aromatic nitrogens is 1. The van der Waals surface area contributed by atoms with Crippen molar-refractivity contribution >= 4 is 31.8 Å². The molecule has 2 N–H and O–H groups in total. The number of hydrogen-bond acceptors (Lipinski definition) is 5. The second-order valence-corrected chi connectivity index (χ2v) is 6.77. The van der Waals surface area contributed by atoms with Crippen LogP contribution < -0.4 is 10.0 Å². The monoisotopic (exact) mass is 365 g/mol. The van der Waals surface area contributed by atoms with Crippen molar-refractivity contribution in [1.82, 2.24) is 9.71 Å². The van der Waals surface area contributed by atoms with Gasteiger partial charge in [0.15, 0.2) is 0 Å². The van der Waals surface area contributed by atoms with Crippen molar-refractivity contribution in [2.24, 2.45) is 0 Å². The van der Waals surface area contributed by atoms with Gasteiger partial charge in [-0.2, -0.15) is 0 Å². The van der Waals surface area contributed by atoms with E-state index in [9.17, 15) is 8.42 Å². The quantitative estimate of drug-likeness (QED) is 0.654. The van der Waals surface area contributed by atoms with Crippen molar-refractivity contribution in [1.29, 1.82) is 0 Å². The fourth-order valence-corrected chi connectivity index (χ4v) is 3.17. The minimum Gasteiger partial charge on any atom is -0.380 e. The summed E-state index contributed by atoms with van der Waals surface area (Å²) in [7, 11) is -1.98. The minimum atomic E-state index is -3.60. The fourth-order valence-electron chi connectivity index (χ4n) is 1.49. The molecule has 6 nitrogen and oxygen atoms in total. The fraction of sp³-hybridized carbons (Fsp3) is 0.583. The molecule has 0 spiro atoms. The number of nitrogens with zero attached hydrogens (tertiary/aromatic N) is 1. The largest absolute Gasteiger partial charge is 0.380 e. The Labute approximate surface area is 128 Å². The molecular weight excluding hydrogens is 346 g/mol. The van der Waals surface area contributed by atoms with Gasteiger partial charge in [-0.3, -0.25) is 0 Å². The lowest BCUT2D eigenvalue weighted by Gasteiger charge is -2.11. The summed E-state index contributed by atoms with van der Waals surface area (Å²) in [5.74, 6) is 0.313. The number of pyridine rings is 1. The second kappa shape index (κ2) is 8.56. The topological polar surface area (TPSA) is 80.3 Å². The van der Waals surface area contributed by atoms with Gasteiger partial charge < -0.3 is 10.1 Å². The molecule has 0 fully saturated rings. The highest BCUT2D eigenvalue weighted by Gasteiger charge is 2.19. The third-order valence-electron chi connectivity index (χ3n) is 2.53. The smallest absolute Gasteiger partial charge is 0.244 e. The Morgan fingerprint density at radius 2 is 2.15 bits per heavy atom. The van der Waals surface area contributed by atoms with Crippen LogP contribution in [0.15, 0.2) is 21.6 Å². The molecule has 0 radical (unpaired) electrons. The molecule has 0 aliphatic carbocycles. The van der Waals surface area contributed by atoms with Gasteiger partial charge in [0.1, 0.15) is 10.7 Å². The molecule has 0 amide bonds. The van der Waals surface area contributed by atoms with Crippen LogP contribution in [0.3, 0.4) is 0 Å². The molecule has 20 heavy (non-hydrogen) atoms. The van der Waals surface area contributed by atoms with Crippen LogP contribution in [0, 0.1) is 0 Å². The second-order valence-electron chi connectivity index (χ2n) is 4.11. The first-order valence-corrected chi connectivity index (χ1v) is 8.69. The zero-order valence-electron chi connectivity index (χ0n) is 11.6. The molecule has 0 unspecified atom stereocenters. The van der Waals surface area contributed by atoms with Gasteiger partial charge in [-0.1, -0.05) is 13.3 Å². The highest BCUT2D eigenvalue weighted by molar-refractivity contribution is 9.10. The highest BCUT2D eigenvalue weighted by atomic mass is 79.9. The number of sulfonamides is 1. The SMILES string of the molecule is CCCCOCCNS(=O)(=O)c1cc(Br)cnc1NC. The van der Waals surface area contributed by atoms with Crippen LogP contribution in [0.4, 0.5) is 5.82 Å². The van der Waals surface area contributed by atoms with E-state index in [1.165, 1.54) is 6.07 Å². The van der Waals surface area contributed by atoms with Gasteiger partial charge in [0.05, 0.1) is 6.61 Å². The number of ether oxygens (including phenoxy) is 1. The third-order valence-corrected chi connectivity index (χ3v) is 4.43. The Balaban J connectivity index is 2.62. The average molecular weight is 366 g/mol.